The van der Waals surface area contributed by atoms with Gasteiger partial charge < -0.3 is 44.6 Å². The van der Waals surface area contributed by atoms with Crippen LogP contribution in [0.15, 0.2) is 30.3 Å². The molecule has 3 N–H and O–H groups in total. The smallest absolute Gasteiger partial charge is 0.262 e. The zero-order valence-corrected chi connectivity index (χ0v) is 42.0. The van der Waals surface area contributed by atoms with E-state index in [1.165, 1.54) is 9.79 Å². The van der Waals surface area contributed by atoms with Crippen LogP contribution in [0, 0.1) is 17.3 Å². The minimum atomic E-state index is -1.43. The van der Waals surface area contributed by atoms with Crippen LogP contribution in [0.5, 0.6) is 11.5 Å². The number of piperazine rings is 2. The van der Waals surface area contributed by atoms with Crippen LogP contribution in [0.4, 0.5) is 5.69 Å². The number of anilines is 1. The number of nitrogens with zero attached hydrogens (tertiary/aromatic N) is 4. The Balaban J connectivity index is 0.930. The highest BCUT2D eigenvalue weighted by Gasteiger charge is 2.82. The molecule has 2 aromatic carbocycles. The fourth-order valence-electron chi connectivity index (χ4n) is 17.4. The van der Waals surface area contributed by atoms with Crippen molar-refractivity contribution in [2.75, 3.05) is 32.4 Å². The number of hydrogen-bond acceptors (Lipinski definition) is 11. The lowest BCUT2D eigenvalue weighted by molar-refractivity contribution is -0.193. The van der Waals surface area contributed by atoms with Gasteiger partial charge in [0.05, 0.1) is 27.9 Å². The van der Waals surface area contributed by atoms with Gasteiger partial charge in [-0.1, -0.05) is 33.8 Å². The van der Waals surface area contributed by atoms with E-state index >= 15 is 4.79 Å². The van der Waals surface area contributed by atoms with Gasteiger partial charge in [0.1, 0.15) is 51.5 Å². The first kappa shape index (κ1) is 44.1. The van der Waals surface area contributed by atoms with Crippen molar-refractivity contribution in [2.45, 2.75) is 163 Å². The molecule has 12 heterocycles. The number of hydroxylamine groups is 1. The van der Waals surface area contributed by atoms with Gasteiger partial charge >= 0.3 is 0 Å². The molecule has 13 aliphatic rings. The third-order valence-corrected chi connectivity index (χ3v) is 20.5. The highest BCUT2D eigenvalue weighted by Crippen LogP contribution is 2.72. The second kappa shape index (κ2) is 12.7. The van der Waals surface area contributed by atoms with E-state index in [4.69, 9.17) is 23.8 Å². The second-order valence-electron chi connectivity index (χ2n) is 24.9. The third-order valence-electron chi connectivity index (χ3n) is 20.5. The molecule has 3 aromatic rings. The SMILES string of the molecule is CO[C@@H]1c2c(ccc3c4c(n(O)c23)C(C)(C)[C@@H]2C[C@]35CCCN3C(=O)[C@]2(NC5=O)[C@H]4OC)OC(C)(C)[C@H]1ON1C(=O)[C@@]2(C[C@@]34NC(=O)[C@]5(CCCN5C3=O)C[C@H]4C2(C)C)c2ccc3c(c21)C=CC(C)(C)O3. The van der Waals surface area contributed by atoms with Gasteiger partial charge in [0.2, 0.25) is 17.7 Å². The summed E-state index contributed by atoms with van der Waals surface area (Å²) in [5.74, 6) is -0.776. The summed E-state index contributed by atoms with van der Waals surface area (Å²) < 4.78 is 27.7. The van der Waals surface area contributed by atoms with E-state index in [0.29, 0.717) is 94.8 Å². The number of carbonyl (C=O) groups excluding carboxylic acids is 5. The lowest BCUT2D eigenvalue weighted by atomic mass is 9.50. The molecule has 374 valence electrons. The van der Waals surface area contributed by atoms with Gasteiger partial charge in [0.25, 0.3) is 11.8 Å². The third kappa shape index (κ3) is 4.52. The first-order chi connectivity index (χ1) is 33.5. The number of benzene rings is 2. The Labute approximate surface area is 411 Å². The summed E-state index contributed by atoms with van der Waals surface area (Å²) in [6.45, 7) is 16.9. The molecule has 17 heteroatoms. The number of hydrogen-bond donors (Lipinski definition) is 3. The van der Waals surface area contributed by atoms with E-state index in [0.717, 1.165) is 12.8 Å². The van der Waals surface area contributed by atoms with Crippen LogP contribution < -0.4 is 25.2 Å². The normalized spacial score (nSPS) is 39.3. The number of carbonyl (C=O) groups is 5. The van der Waals surface area contributed by atoms with Crippen LogP contribution in [0.3, 0.4) is 0 Å². The van der Waals surface area contributed by atoms with Crippen LogP contribution in [-0.2, 0) is 49.1 Å². The number of aromatic nitrogens is 1. The first-order valence-corrected chi connectivity index (χ1v) is 25.5. The number of piperidine rings is 4. The molecule has 0 unspecified atom stereocenters. The summed E-state index contributed by atoms with van der Waals surface area (Å²) in [6, 6.07) is 7.53. The standard InChI is InChI=1S/C54H62N6O11/c1-46(2)20-17-26-29(69-46)16-14-28-35(26)60(43(63)52(28)25-53-32(48(52,5)6)24-51(41(61)55-53)19-11-21-57(51)44(53)64)71-40-37(67-9)34-30(70-49(40,7)8)15-13-27-33-38(59(66)36(27)34)47(3,4)31-23-50-18-12-22-58(50)45(65)54(31,39(33)68-10)56-42(50)62/h13-17,20,31-32,37,39-40,66H,11-12,18-19,21-25H2,1-10H3,(H,55,61)(H,56,62)/t31-,32-,37+,39-,40-,50-,51-,52+,53-,54+/m0/s1. The zero-order valence-electron chi connectivity index (χ0n) is 42.0. The van der Waals surface area contributed by atoms with Crippen molar-refractivity contribution < 1.29 is 53.0 Å². The zero-order chi connectivity index (χ0) is 49.9. The summed E-state index contributed by atoms with van der Waals surface area (Å²) in [6.07, 6.45) is 4.46. The number of amides is 5. The van der Waals surface area contributed by atoms with Crippen molar-refractivity contribution in [3.63, 3.8) is 0 Å². The van der Waals surface area contributed by atoms with E-state index in [1.807, 2.05) is 78.0 Å². The minimum Gasteiger partial charge on any atom is -0.484 e. The summed E-state index contributed by atoms with van der Waals surface area (Å²) in [5, 5.41) is 21.4. The van der Waals surface area contributed by atoms with Gasteiger partial charge in [0.15, 0.2) is 11.6 Å². The molecule has 5 amide bonds. The molecule has 4 bridgehead atoms. The molecule has 2 aliphatic carbocycles. The molecular weight excluding hydrogens is 909 g/mol. The van der Waals surface area contributed by atoms with Crippen molar-refractivity contribution in [3.05, 3.63) is 58.3 Å². The lowest BCUT2D eigenvalue weighted by Gasteiger charge is -2.65. The Hall–Kier alpha value is -5.65. The molecule has 1 saturated carbocycles. The quantitative estimate of drug-likeness (QED) is 0.284. The van der Waals surface area contributed by atoms with E-state index in [2.05, 4.69) is 24.5 Å². The molecule has 8 saturated heterocycles. The Kier molecular flexibility index (Phi) is 7.91. The highest BCUT2D eigenvalue weighted by molar-refractivity contribution is 6.13. The molecular formula is C54H62N6O11. The Bertz CT molecular complexity index is 3120. The van der Waals surface area contributed by atoms with Crippen molar-refractivity contribution in [1.82, 2.24) is 25.2 Å². The van der Waals surface area contributed by atoms with Gasteiger partial charge in [-0.05, 0) is 114 Å². The van der Waals surface area contributed by atoms with E-state index in [9.17, 15) is 24.4 Å². The monoisotopic (exact) mass is 970 g/mol. The number of fused-ring (bicyclic) bond motifs is 11. The summed E-state index contributed by atoms with van der Waals surface area (Å²) >= 11 is 0. The number of methoxy groups -OCH3 is 2. The van der Waals surface area contributed by atoms with Crippen molar-refractivity contribution in [2.24, 2.45) is 17.3 Å². The minimum absolute atomic E-state index is 0.0431. The molecule has 5 spiro atoms. The molecule has 0 radical (unpaired) electrons. The highest BCUT2D eigenvalue weighted by atomic mass is 16.7. The maximum Gasteiger partial charge on any atom is 0.262 e. The topological polar surface area (TPSA) is 190 Å². The fraction of sp³-hybridized carbons (Fsp3) is 0.611. The largest absolute Gasteiger partial charge is 0.484 e. The summed E-state index contributed by atoms with van der Waals surface area (Å²) in [4.78, 5) is 85.5. The van der Waals surface area contributed by atoms with E-state index < -0.39 is 73.8 Å². The molecule has 71 heavy (non-hydrogen) atoms. The number of nitrogens with one attached hydrogen (secondary N) is 2. The maximum absolute atomic E-state index is 16.3. The van der Waals surface area contributed by atoms with Crippen molar-refractivity contribution in [3.8, 4) is 11.5 Å². The van der Waals surface area contributed by atoms with Crippen LogP contribution in [0.2, 0.25) is 0 Å². The number of ether oxygens (including phenoxy) is 4. The Morgan fingerprint density at radius 3 is 2.10 bits per heavy atom. The molecule has 10 atom stereocenters. The predicted octanol–water partition coefficient (Wildman–Crippen LogP) is 5.41. The fourth-order valence-corrected chi connectivity index (χ4v) is 17.4. The van der Waals surface area contributed by atoms with Crippen molar-refractivity contribution >= 4 is 52.2 Å². The lowest BCUT2D eigenvalue weighted by Crippen LogP contribution is -2.85. The van der Waals surface area contributed by atoms with Crippen molar-refractivity contribution in [1.29, 1.82) is 0 Å². The van der Waals surface area contributed by atoms with E-state index in [1.54, 1.807) is 24.0 Å². The predicted molar refractivity (Wildman–Crippen MR) is 254 cm³/mol. The molecule has 1 aromatic heterocycles. The van der Waals surface area contributed by atoms with Crippen LogP contribution in [0.1, 0.15) is 140 Å². The van der Waals surface area contributed by atoms with Crippen LogP contribution in [0.25, 0.3) is 17.0 Å². The first-order valence-electron chi connectivity index (χ1n) is 25.5. The van der Waals surface area contributed by atoms with Gasteiger partial charge in [-0.25, -0.2) is 0 Å². The average molecular weight is 971 g/mol. The van der Waals surface area contributed by atoms with E-state index in [-0.39, 0.29) is 41.9 Å². The number of rotatable bonds is 4. The molecule has 17 nitrogen and oxygen atoms in total. The van der Waals surface area contributed by atoms with Crippen LogP contribution >= 0.6 is 0 Å². The molecule has 16 rings (SSSR count). The average Bonchev–Trinajstić information content (AvgIpc) is 4.10. The molecule has 9 fully saturated rings. The second-order valence-corrected chi connectivity index (χ2v) is 24.9. The van der Waals surface area contributed by atoms with Gasteiger partial charge in [-0.3, -0.25) is 28.8 Å². The Morgan fingerprint density at radius 1 is 0.746 bits per heavy atom. The van der Waals surface area contributed by atoms with Gasteiger partial charge in [-0.2, -0.15) is 9.79 Å². The Morgan fingerprint density at radius 2 is 1.41 bits per heavy atom. The van der Waals surface area contributed by atoms with Crippen LogP contribution in [-0.4, -0.2) is 116 Å². The summed E-state index contributed by atoms with van der Waals surface area (Å²) in [7, 11) is 3.10. The maximum atomic E-state index is 16.3. The molecule has 11 aliphatic heterocycles. The van der Waals surface area contributed by atoms with Gasteiger partial charge in [-0.15, -0.1) is 0 Å². The van der Waals surface area contributed by atoms with Gasteiger partial charge in [0, 0.05) is 61.1 Å². The summed E-state index contributed by atoms with van der Waals surface area (Å²) in [5.41, 5.74) is -5.78.